The van der Waals surface area contributed by atoms with Gasteiger partial charge in [0.05, 0.1) is 18.3 Å². The summed E-state index contributed by atoms with van der Waals surface area (Å²) in [5.74, 6) is 0.461. The predicted molar refractivity (Wildman–Crippen MR) is 114 cm³/mol. The van der Waals surface area contributed by atoms with Gasteiger partial charge in [0.15, 0.2) is 6.10 Å². The van der Waals surface area contributed by atoms with E-state index in [0.717, 1.165) is 10.4 Å². The minimum Gasteiger partial charge on any atom is -0.479 e. The zero-order valence-corrected chi connectivity index (χ0v) is 18.3. The van der Waals surface area contributed by atoms with E-state index in [0.29, 0.717) is 24.4 Å². The second kappa shape index (κ2) is 8.45. The Kier molecular flexibility index (Phi) is 6.17. The highest BCUT2D eigenvalue weighted by atomic mass is 32.1. The lowest BCUT2D eigenvalue weighted by molar-refractivity contribution is -0.122. The molecule has 6 nitrogen and oxygen atoms in total. The SMILES string of the molecule is CCC(c1ccc2c(c1)NC(=O)C(C)O2)N(Cc1cccs1)C(=O)OC(C)(C)C. The zero-order valence-electron chi connectivity index (χ0n) is 17.5. The van der Waals surface area contributed by atoms with Gasteiger partial charge in [0, 0.05) is 4.88 Å². The first kappa shape index (κ1) is 21.2. The average molecular weight is 417 g/mol. The second-order valence-corrected chi connectivity index (χ2v) is 9.15. The van der Waals surface area contributed by atoms with Crippen LogP contribution in [-0.2, 0) is 16.1 Å². The number of carbonyl (C=O) groups is 2. The summed E-state index contributed by atoms with van der Waals surface area (Å²) in [4.78, 5) is 27.9. The third kappa shape index (κ3) is 5.09. The molecule has 0 aliphatic carbocycles. The summed E-state index contributed by atoms with van der Waals surface area (Å²) in [6.07, 6.45) is -0.175. The van der Waals surface area contributed by atoms with Crippen LogP contribution >= 0.6 is 11.3 Å². The summed E-state index contributed by atoms with van der Waals surface area (Å²) in [6, 6.07) is 9.47. The molecule has 3 rings (SSSR count). The minimum atomic E-state index is -0.586. The molecule has 2 unspecified atom stereocenters. The highest BCUT2D eigenvalue weighted by Gasteiger charge is 2.30. The fourth-order valence-electron chi connectivity index (χ4n) is 3.26. The van der Waals surface area contributed by atoms with Gasteiger partial charge in [0.25, 0.3) is 5.91 Å². The molecule has 2 heterocycles. The molecule has 2 aromatic rings. The second-order valence-electron chi connectivity index (χ2n) is 8.12. The van der Waals surface area contributed by atoms with E-state index in [4.69, 9.17) is 9.47 Å². The van der Waals surface area contributed by atoms with Crippen molar-refractivity contribution in [3.63, 3.8) is 0 Å². The van der Waals surface area contributed by atoms with Crippen molar-refractivity contribution in [2.45, 2.75) is 65.3 Å². The van der Waals surface area contributed by atoms with E-state index >= 15 is 0 Å². The molecule has 0 spiro atoms. The Morgan fingerprint density at radius 3 is 2.72 bits per heavy atom. The van der Waals surface area contributed by atoms with Crippen LogP contribution in [0.25, 0.3) is 0 Å². The van der Waals surface area contributed by atoms with Crippen molar-refractivity contribution in [2.24, 2.45) is 0 Å². The maximum absolute atomic E-state index is 13.1. The average Bonchev–Trinajstić information content (AvgIpc) is 3.14. The van der Waals surface area contributed by atoms with E-state index in [1.165, 1.54) is 0 Å². The van der Waals surface area contributed by atoms with Crippen molar-refractivity contribution in [3.8, 4) is 5.75 Å². The maximum Gasteiger partial charge on any atom is 0.411 e. The lowest BCUT2D eigenvalue weighted by Gasteiger charge is -2.34. The van der Waals surface area contributed by atoms with E-state index in [-0.39, 0.29) is 18.0 Å². The summed E-state index contributed by atoms with van der Waals surface area (Å²) < 4.78 is 11.3. The molecule has 0 fully saturated rings. The van der Waals surface area contributed by atoms with Gasteiger partial charge in [0.1, 0.15) is 11.4 Å². The molecule has 1 aromatic carbocycles. The molecule has 156 valence electrons. The number of hydrogen-bond donors (Lipinski definition) is 1. The van der Waals surface area contributed by atoms with Crippen LogP contribution in [0.5, 0.6) is 5.75 Å². The minimum absolute atomic E-state index is 0.176. The van der Waals surface area contributed by atoms with Gasteiger partial charge in [-0.25, -0.2) is 4.79 Å². The molecule has 1 aromatic heterocycles. The van der Waals surface area contributed by atoms with E-state index < -0.39 is 11.7 Å². The van der Waals surface area contributed by atoms with Crippen LogP contribution in [0.1, 0.15) is 57.5 Å². The molecule has 1 N–H and O–H groups in total. The number of nitrogens with one attached hydrogen (secondary N) is 1. The van der Waals surface area contributed by atoms with E-state index in [1.807, 2.05) is 63.4 Å². The Labute approximate surface area is 175 Å². The molecule has 29 heavy (non-hydrogen) atoms. The molecule has 0 radical (unpaired) electrons. The molecule has 2 atom stereocenters. The standard InChI is InChI=1S/C22H28N2O4S/c1-6-18(15-9-10-19-17(12-15)23-20(25)14(2)27-19)24(13-16-8-7-11-29-16)21(26)28-22(3,4)5/h7-12,14,18H,6,13H2,1-5H3,(H,23,25). The van der Waals surface area contributed by atoms with Crippen LogP contribution in [0, 0.1) is 0 Å². The molecule has 0 saturated carbocycles. The van der Waals surface area contributed by atoms with Crippen molar-refractivity contribution in [2.75, 3.05) is 5.32 Å². The molecule has 7 heteroatoms. The first-order valence-electron chi connectivity index (χ1n) is 9.81. The third-order valence-electron chi connectivity index (χ3n) is 4.62. The predicted octanol–water partition coefficient (Wildman–Crippen LogP) is 5.36. The quantitative estimate of drug-likeness (QED) is 0.713. The number of nitrogens with zero attached hydrogens (tertiary/aromatic N) is 1. The van der Waals surface area contributed by atoms with Gasteiger partial charge < -0.3 is 14.8 Å². The molecule has 1 aliphatic rings. The Morgan fingerprint density at radius 1 is 1.34 bits per heavy atom. The first-order valence-corrected chi connectivity index (χ1v) is 10.7. The third-order valence-corrected chi connectivity index (χ3v) is 5.48. The number of hydrogen-bond acceptors (Lipinski definition) is 5. The number of thiophene rings is 1. The van der Waals surface area contributed by atoms with Crippen LogP contribution in [0.3, 0.4) is 0 Å². The van der Waals surface area contributed by atoms with Crippen LogP contribution in [0.15, 0.2) is 35.7 Å². The van der Waals surface area contributed by atoms with Gasteiger partial charge >= 0.3 is 6.09 Å². The lowest BCUT2D eigenvalue weighted by atomic mass is 10.0. The fourth-order valence-corrected chi connectivity index (χ4v) is 3.97. The number of benzene rings is 1. The van der Waals surface area contributed by atoms with Crippen LogP contribution in [-0.4, -0.2) is 28.6 Å². The van der Waals surface area contributed by atoms with Crippen LogP contribution < -0.4 is 10.1 Å². The smallest absolute Gasteiger partial charge is 0.411 e. The van der Waals surface area contributed by atoms with Crippen molar-refractivity contribution in [3.05, 3.63) is 46.2 Å². The van der Waals surface area contributed by atoms with Gasteiger partial charge in [0.2, 0.25) is 0 Å². The largest absolute Gasteiger partial charge is 0.479 e. The van der Waals surface area contributed by atoms with E-state index in [1.54, 1.807) is 23.2 Å². The van der Waals surface area contributed by atoms with Crippen LogP contribution in [0.4, 0.5) is 10.5 Å². The maximum atomic E-state index is 13.1. The summed E-state index contributed by atoms with van der Waals surface area (Å²) in [5.41, 5.74) is 0.966. The summed E-state index contributed by atoms with van der Waals surface area (Å²) in [7, 11) is 0. The Morgan fingerprint density at radius 2 is 2.10 bits per heavy atom. The van der Waals surface area contributed by atoms with Gasteiger partial charge in [-0.15, -0.1) is 11.3 Å². The Hall–Kier alpha value is -2.54. The van der Waals surface area contributed by atoms with Gasteiger partial charge in [-0.1, -0.05) is 19.1 Å². The lowest BCUT2D eigenvalue weighted by Crippen LogP contribution is -2.39. The zero-order chi connectivity index (χ0) is 21.2. The summed E-state index contributed by atoms with van der Waals surface area (Å²) in [6.45, 7) is 9.80. The molecular weight excluding hydrogens is 388 g/mol. The fraction of sp³-hybridized carbons (Fsp3) is 0.455. The number of ether oxygens (including phenoxy) is 2. The van der Waals surface area contributed by atoms with Gasteiger partial charge in [-0.3, -0.25) is 9.69 Å². The van der Waals surface area contributed by atoms with Crippen LogP contribution in [0.2, 0.25) is 0 Å². The number of rotatable bonds is 5. The van der Waals surface area contributed by atoms with E-state index in [9.17, 15) is 9.59 Å². The summed E-state index contributed by atoms with van der Waals surface area (Å²) >= 11 is 1.61. The molecule has 0 saturated heterocycles. The highest BCUT2D eigenvalue weighted by Crippen LogP contribution is 2.36. The van der Waals surface area contributed by atoms with Crippen molar-refractivity contribution in [1.29, 1.82) is 0 Å². The van der Waals surface area contributed by atoms with Crippen molar-refractivity contribution in [1.82, 2.24) is 4.90 Å². The molecular formula is C22H28N2O4S. The number of amides is 2. The normalized spacial score (nSPS) is 17.0. The number of carbonyl (C=O) groups excluding carboxylic acids is 2. The first-order chi connectivity index (χ1) is 13.7. The highest BCUT2D eigenvalue weighted by molar-refractivity contribution is 7.09. The molecule has 0 bridgehead atoms. The van der Waals surface area contributed by atoms with Crippen molar-refractivity contribution < 1.29 is 19.1 Å². The van der Waals surface area contributed by atoms with Gasteiger partial charge in [-0.2, -0.15) is 0 Å². The molecule has 1 aliphatic heterocycles. The van der Waals surface area contributed by atoms with Gasteiger partial charge in [-0.05, 0) is 63.3 Å². The monoisotopic (exact) mass is 416 g/mol. The Balaban J connectivity index is 1.93. The van der Waals surface area contributed by atoms with Crippen molar-refractivity contribution >= 4 is 29.0 Å². The Bertz CT molecular complexity index is 873. The topological polar surface area (TPSA) is 67.9 Å². The number of fused-ring (bicyclic) bond motifs is 1. The van der Waals surface area contributed by atoms with E-state index in [2.05, 4.69) is 5.32 Å². The number of anilines is 1. The summed E-state index contributed by atoms with van der Waals surface area (Å²) in [5, 5.41) is 4.88. The molecule has 2 amide bonds.